The second kappa shape index (κ2) is 6.84. The molecule has 130 valence electrons. The van der Waals surface area contributed by atoms with Crippen LogP contribution in [0, 0.1) is 19.8 Å². The van der Waals surface area contributed by atoms with Crippen molar-refractivity contribution in [3.05, 3.63) is 29.5 Å². The molecule has 2 N–H and O–H groups in total. The SMILES string of the molecule is COC(=O)C[C@H]1CN=C(Nc2nc(C)c3cccc(C)c3n2)NC1=O. The summed E-state index contributed by atoms with van der Waals surface area (Å²) in [6.45, 7) is 4.09. The summed E-state index contributed by atoms with van der Waals surface area (Å²) in [5.41, 5.74) is 2.73. The van der Waals surface area contributed by atoms with Gasteiger partial charge in [-0.2, -0.15) is 0 Å². The minimum atomic E-state index is -0.528. The van der Waals surface area contributed by atoms with Gasteiger partial charge < -0.3 is 4.74 Å². The number of hydrogen-bond donors (Lipinski definition) is 2. The van der Waals surface area contributed by atoms with E-state index in [1.807, 2.05) is 32.0 Å². The van der Waals surface area contributed by atoms with Crippen LogP contribution in [0.15, 0.2) is 23.2 Å². The number of amides is 1. The summed E-state index contributed by atoms with van der Waals surface area (Å²) in [7, 11) is 1.29. The van der Waals surface area contributed by atoms with E-state index in [0.717, 1.165) is 22.2 Å². The summed E-state index contributed by atoms with van der Waals surface area (Å²) in [5.74, 6) is -0.602. The smallest absolute Gasteiger partial charge is 0.306 e. The topological polar surface area (TPSA) is 106 Å². The highest BCUT2D eigenvalue weighted by atomic mass is 16.5. The molecule has 1 aliphatic heterocycles. The number of esters is 1. The molecule has 1 amide bonds. The maximum absolute atomic E-state index is 12.1. The van der Waals surface area contributed by atoms with Gasteiger partial charge in [0.2, 0.25) is 17.8 Å². The quantitative estimate of drug-likeness (QED) is 0.816. The van der Waals surface area contributed by atoms with Gasteiger partial charge in [-0.15, -0.1) is 0 Å². The molecular formula is C17H19N5O3. The number of para-hydroxylation sites is 1. The highest BCUT2D eigenvalue weighted by molar-refractivity contribution is 6.06. The molecule has 1 aromatic carbocycles. The van der Waals surface area contributed by atoms with Gasteiger partial charge in [0.1, 0.15) is 0 Å². The lowest BCUT2D eigenvalue weighted by Crippen LogP contribution is -2.45. The van der Waals surface area contributed by atoms with E-state index < -0.39 is 11.9 Å². The zero-order valence-electron chi connectivity index (χ0n) is 14.3. The van der Waals surface area contributed by atoms with Crippen molar-refractivity contribution in [2.75, 3.05) is 19.0 Å². The molecule has 3 rings (SSSR count). The van der Waals surface area contributed by atoms with Crippen LogP contribution in [0.5, 0.6) is 0 Å². The fourth-order valence-electron chi connectivity index (χ4n) is 2.67. The third-order valence-electron chi connectivity index (χ3n) is 4.07. The van der Waals surface area contributed by atoms with Crippen LogP contribution in [-0.2, 0) is 14.3 Å². The van der Waals surface area contributed by atoms with Crippen LogP contribution in [0.3, 0.4) is 0 Å². The largest absolute Gasteiger partial charge is 0.469 e. The summed E-state index contributed by atoms with van der Waals surface area (Å²) in [4.78, 5) is 36.6. The predicted molar refractivity (Wildman–Crippen MR) is 93.2 cm³/mol. The van der Waals surface area contributed by atoms with E-state index in [4.69, 9.17) is 0 Å². The molecule has 1 aromatic heterocycles. The molecule has 1 atom stereocenters. The number of aliphatic imine (C=N–C) groups is 1. The highest BCUT2D eigenvalue weighted by Crippen LogP contribution is 2.20. The molecule has 0 fully saturated rings. The van der Waals surface area contributed by atoms with Gasteiger partial charge in [-0.1, -0.05) is 18.2 Å². The zero-order chi connectivity index (χ0) is 18.0. The van der Waals surface area contributed by atoms with Crippen LogP contribution in [-0.4, -0.2) is 41.5 Å². The second-order valence-corrected chi connectivity index (χ2v) is 5.88. The maximum Gasteiger partial charge on any atom is 0.306 e. The molecule has 0 spiro atoms. The van der Waals surface area contributed by atoms with Crippen LogP contribution in [0.4, 0.5) is 5.95 Å². The Kier molecular flexibility index (Phi) is 4.60. The Morgan fingerprint density at radius 1 is 1.36 bits per heavy atom. The molecule has 8 nitrogen and oxygen atoms in total. The fraction of sp³-hybridized carbons (Fsp3) is 0.353. The van der Waals surface area contributed by atoms with Gasteiger partial charge in [-0.3, -0.25) is 25.2 Å². The number of guanidine groups is 1. The summed E-state index contributed by atoms with van der Waals surface area (Å²) in [6.07, 6.45) is 0.00386. The normalized spacial score (nSPS) is 17.0. The minimum Gasteiger partial charge on any atom is -0.469 e. The molecule has 0 saturated heterocycles. The number of aromatic nitrogens is 2. The Morgan fingerprint density at radius 3 is 2.88 bits per heavy atom. The predicted octanol–water partition coefficient (Wildman–Crippen LogP) is 1.32. The van der Waals surface area contributed by atoms with Gasteiger partial charge in [0.25, 0.3) is 0 Å². The number of carbonyl (C=O) groups is 2. The third kappa shape index (κ3) is 3.57. The number of rotatable bonds is 3. The number of fused-ring (bicyclic) bond motifs is 1. The number of aryl methyl sites for hydroxylation is 2. The van der Waals surface area contributed by atoms with Crippen molar-refractivity contribution in [2.45, 2.75) is 20.3 Å². The van der Waals surface area contributed by atoms with E-state index in [1.54, 1.807) is 0 Å². The Balaban J connectivity index is 1.79. The van der Waals surface area contributed by atoms with Crippen LogP contribution >= 0.6 is 0 Å². The van der Waals surface area contributed by atoms with Crippen molar-refractivity contribution in [3.8, 4) is 0 Å². The van der Waals surface area contributed by atoms with Crippen molar-refractivity contribution >= 4 is 34.7 Å². The van der Waals surface area contributed by atoms with Crippen LogP contribution in [0.1, 0.15) is 17.7 Å². The number of hydrogen-bond acceptors (Lipinski definition) is 7. The monoisotopic (exact) mass is 341 g/mol. The molecule has 2 aromatic rings. The van der Waals surface area contributed by atoms with E-state index in [1.165, 1.54) is 7.11 Å². The maximum atomic E-state index is 12.1. The number of nitrogens with zero attached hydrogens (tertiary/aromatic N) is 3. The fourth-order valence-corrected chi connectivity index (χ4v) is 2.67. The lowest BCUT2D eigenvalue weighted by molar-refractivity contribution is -0.143. The summed E-state index contributed by atoms with van der Waals surface area (Å²) >= 11 is 0. The second-order valence-electron chi connectivity index (χ2n) is 5.88. The first kappa shape index (κ1) is 16.8. The summed E-state index contributed by atoms with van der Waals surface area (Å²) < 4.78 is 4.59. The number of methoxy groups -OCH3 is 1. The Hall–Kier alpha value is -3.03. The Bertz CT molecular complexity index is 878. The molecule has 0 bridgehead atoms. The Labute approximate surface area is 144 Å². The highest BCUT2D eigenvalue weighted by Gasteiger charge is 2.27. The van der Waals surface area contributed by atoms with Gasteiger partial charge >= 0.3 is 5.97 Å². The third-order valence-corrected chi connectivity index (χ3v) is 4.07. The van der Waals surface area contributed by atoms with Gasteiger partial charge in [0.05, 0.1) is 37.2 Å². The number of nitrogens with one attached hydrogen (secondary N) is 2. The van der Waals surface area contributed by atoms with Crippen molar-refractivity contribution in [1.82, 2.24) is 15.3 Å². The number of carbonyl (C=O) groups excluding carboxylic acids is 2. The molecule has 25 heavy (non-hydrogen) atoms. The van der Waals surface area contributed by atoms with E-state index in [9.17, 15) is 9.59 Å². The minimum absolute atomic E-state index is 0.00386. The summed E-state index contributed by atoms with van der Waals surface area (Å²) in [6, 6.07) is 5.92. The molecular weight excluding hydrogens is 322 g/mol. The van der Waals surface area contributed by atoms with Gasteiger partial charge in [-0.25, -0.2) is 9.97 Å². The van der Waals surface area contributed by atoms with Gasteiger partial charge in [-0.05, 0) is 19.4 Å². The van der Waals surface area contributed by atoms with Crippen molar-refractivity contribution < 1.29 is 14.3 Å². The zero-order valence-corrected chi connectivity index (χ0v) is 14.3. The van der Waals surface area contributed by atoms with Crippen molar-refractivity contribution in [1.29, 1.82) is 0 Å². The van der Waals surface area contributed by atoms with E-state index in [2.05, 4.69) is 30.3 Å². The number of benzene rings is 1. The number of anilines is 1. The van der Waals surface area contributed by atoms with Crippen LogP contribution in [0.25, 0.3) is 10.9 Å². The first-order chi connectivity index (χ1) is 12.0. The molecule has 0 unspecified atom stereocenters. The van der Waals surface area contributed by atoms with Crippen molar-refractivity contribution in [2.24, 2.45) is 10.9 Å². The van der Waals surface area contributed by atoms with Crippen molar-refractivity contribution in [3.63, 3.8) is 0 Å². The molecule has 2 heterocycles. The van der Waals surface area contributed by atoms with E-state index in [-0.39, 0.29) is 24.8 Å². The van der Waals surface area contributed by atoms with Crippen LogP contribution in [0.2, 0.25) is 0 Å². The molecule has 0 aliphatic carbocycles. The molecule has 8 heteroatoms. The first-order valence-electron chi connectivity index (χ1n) is 7.91. The average Bonchev–Trinajstić information content (AvgIpc) is 2.58. The standard InChI is InChI=1S/C17H19N5O3/c1-9-5-4-6-12-10(2)19-17(20-14(9)12)22-16-18-8-11(15(24)21-16)7-13(23)25-3/h4-6,11H,7-8H2,1-3H3,(H2,18,19,20,21,22,24)/t11-/m0/s1. The summed E-state index contributed by atoms with van der Waals surface area (Å²) in [5, 5.41) is 6.56. The lowest BCUT2D eigenvalue weighted by Gasteiger charge is -2.21. The van der Waals surface area contributed by atoms with E-state index >= 15 is 0 Å². The first-order valence-corrected chi connectivity index (χ1v) is 7.91. The Morgan fingerprint density at radius 2 is 2.16 bits per heavy atom. The molecule has 1 aliphatic rings. The number of ether oxygens (including phenoxy) is 1. The van der Waals surface area contributed by atoms with E-state index in [0.29, 0.717) is 5.95 Å². The van der Waals surface area contributed by atoms with Gasteiger partial charge in [0.15, 0.2) is 0 Å². The van der Waals surface area contributed by atoms with Gasteiger partial charge in [0, 0.05) is 5.39 Å². The average molecular weight is 341 g/mol. The molecule has 0 radical (unpaired) electrons. The lowest BCUT2D eigenvalue weighted by atomic mass is 10.0. The van der Waals surface area contributed by atoms with Crippen LogP contribution < -0.4 is 10.6 Å². The molecule has 0 saturated carbocycles.